The molecular weight excluding hydrogens is 162 g/mol. The van der Waals surface area contributed by atoms with Gasteiger partial charge in [-0.25, -0.2) is 0 Å². The molecule has 13 heavy (non-hydrogen) atoms. The van der Waals surface area contributed by atoms with Crippen molar-refractivity contribution in [2.45, 2.75) is 46.2 Å². The van der Waals surface area contributed by atoms with E-state index in [4.69, 9.17) is 5.73 Å². The first-order valence-corrected chi connectivity index (χ1v) is 4.98. The second-order valence-corrected chi connectivity index (χ2v) is 3.47. The Morgan fingerprint density at radius 1 is 1.54 bits per heavy atom. The third-order valence-electron chi connectivity index (χ3n) is 2.21. The molecular formula is C10H19N3. The molecule has 0 aliphatic heterocycles. The van der Waals surface area contributed by atoms with Gasteiger partial charge in [0.05, 0.1) is 6.20 Å². The van der Waals surface area contributed by atoms with Gasteiger partial charge in [-0.15, -0.1) is 0 Å². The summed E-state index contributed by atoms with van der Waals surface area (Å²) in [7, 11) is 0. The molecule has 1 unspecified atom stereocenters. The second-order valence-electron chi connectivity index (χ2n) is 3.47. The molecule has 1 aromatic rings. The zero-order valence-corrected chi connectivity index (χ0v) is 8.75. The Balaban J connectivity index is 2.87. The minimum atomic E-state index is 0.222. The third kappa shape index (κ3) is 2.31. The van der Waals surface area contributed by atoms with Gasteiger partial charge in [-0.2, -0.15) is 5.10 Å². The van der Waals surface area contributed by atoms with Gasteiger partial charge in [-0.3, -0.25) is 4.68 Å². The molecule has 0 saturated heterocycles. The van der Waals surface area contributed by atoms with Gasteiger partial charge in [0.1, 0.15) is 0 Å². The third-order valence-corrected chi connectivity index (χ3v) is 2.21. The number of hydrogen-bond donors (Lipinski definition) is 1. The van der Waals surface area contributed by atoms with Gasteiger partial charge in [0.15, 0.2) is 0 Å². The monoisotopic (exact) mass is 181 g/mol. The largest absolute Gasteiger partial charge is 0.328 e. The molecule has 3 nitrogen and oxygen atoms in total. The van der Waals surface area contributed by atoms with Gasteiger partial charge in [-0.05, 0) is 32.3 Å². The average Bonchev–Trinajstić information content (AvgIpc) is 2.45. The van der Waals surface area contributed by atoms with Crippen LogP contribution in [0.5, 0.6) is 0 Å². The Morgan fingerprint density at radius 2 is 2.23 bits per heavy atom. The maximum absolute atomic E-state index is 5.76. The number of rotatable bonds is 4. The molecule has 2 N–H and O–H groups in total. The topological polar surface area (TPSA) is 43.8 Å². The van der Waals surface area contributed by atoms with E-state index in [9.17, 15) is 0 Å². The van der Waals surface area contributed by atoms with Crippen LogP contribution < -0.4 is 5.73 Å². The Hall–Kier alpha value is -0.830. The van der Waals surface area contributed by atoms with E-state index >= 15 is 0 Å². The summed E-state index contributed by atoms with van der Waals surface area (Å²) in [6, 6.07) is 0.222. The van der Waals surface area contributed by atoms with E-state index in [-0.39, 0.29) is 6.04 Å². The van der Waals surface area contributed by atoms with E-state index in [1.165, 1.54) is 11.3 Å². The fourth-order valence-corrected chi connectivity index (χ4v) is 1.65. The highest BCUT2D eigenvalue weighted by Crippen LogP contribution is 2.11. The number of hydrogen-bond acceptors (Lipinski definition) is 2. The lowest BCUT2D eigenvalue weighted by molar-refractivity contribution is 0.621. The molecule has 74 valence electrons. The van der Waals surface area contributed by atoms with Crippen molar-refractivity contribution in [1.29, 1.82) is 0 Å². The molecule has 0 aromatic carbocycles. The lowest BCUT2D eigenvalue weighted by atomic mass is 10.1. The molecule has 1 heterocycles. The first kappa shape index (κ1) is 10.3. The van der Waals surface area contributed by atoms with Gasteiger partial charge in [0, 0.05) is 18.3 Å². The van der Waals surface area contributed by atoms with E-state index in [1.54, 1.807) is 0 Å². The minimum Gasteiger partial charge on any atom is -0.328 e. The van der Waals surface area contributed by atoms with Crippen molar-refractivity contribution in [2.24, 2.45) is 5.73 Å². The van der Waals surface area contributed by atoms with E-state index in [1.807, 2.05) is 13.1 Å². The first-order valence-electron chi connectivity index (χ1n) is 4.98. The number of aromatic nitrogens is 2. The molecule has 0 aliphatic carbocycles. The smallest absolute Gasteiger partial charge is 0.0525 e. The Bertz CT molecular complexity index is 263. The van der Waals surface area contributed by atoms with E-state index in [2.05, 4.69) is 23.6 Å². The normalized spacial score (nSPS) is 13.2. The summed E-state index contributed by atoms with van der Waals surface area (Å²) >= 11 is 0. The maximum atomic E-state index is 5.76. The van der Waals surface area contributed by atoms with Crippen LogP contribution in [0.25, 0.3) is 0 Å². The predicted molar refractivity (Wildman–Crippen MR) is 54.6 cm³/mol. The Morgan fingerprint density at radius 3 is 2.69 bits per heavy atom. The fourth-order valence-electron chi connectivity index (χ4n) is 1.65. The van der Waals surface area contributed by atoms with Crippen LogP contribution in [0.4, 0.5) is 0 Å². The highest BCUT2D eigenvalue weighted by molar-refractivity contribution is 5.18. The standard InChI is InChI=1S/C10H19N3/c1-4-10-9(6-8(3)11)7-12-13(10)5-2/h7-8H,4-6,11H2,1-3H3. The second kappa shape index (κ2) is 4.42. The van der Waals surface area contributed by atoms with Crippen molar-refractivity contribution in [3.63, 3.8) is 0 Å². The van der Waals surface area contributed by atoms with Crippen LogP contribution in [0.2, 0.25) is 0 Å². The van der Waals surface area contributed by atoms with E-state index < -0.39 is 0 Å². The van der Waals surface area contributed by atoms with Crippen molar-refractivity contribution >= 4 is 0 Å². The number of aryl methyl sites for hydroxylation is 1. The highest BCUT2D eigenvalue weighted by Gasteiger charge is 2.08. The predicted octanol–water partition coefficient (Wildman–Crippen LogP) is 1.36. The van der Waals surface area contributed by atoms with Gasteiger partial charge < -0.3 is 5.73 Å². The molecule has 0 radical (unpaired) electrons. The molecule has 0 aliphatic rings. The summed E-state index contributed by atoms with van der Waals surface area (Å²) < 4.78 is 2.05. The molecule has 0 fully saturated rings. The Kier molecular flexibility index (Phi) is 3.48. The van der Waals surface area contributed by atoms with Gasteiger partial charge in [0.25, 0.3) is 0 Å². The Labute approximate surface area is 79.9 Å². The van der Waals surface area contributed by atoms with Gasteiger partial charge >= 0.3 is 0 Å². The van der Waals surface area contributed by atoms with Crippen LogP contribution in [0.15, 0.2) is 6.20 Å². The van der Waals surface area contributed by atoms with Crippen LogP contribution in [-0.4, -0.2) is 15.8 Å². The molecule has 0 spiro atoms. The number of nitrogens with zero attached hydrogens (tertiary/aromatic N) is 2. The molecule has 1 atom stereocenters. The summed E-state index contributed by atoms with van der Waals surface area (Å²) in [5.41, 5.74) is 8.40. The summed E-state index contributed by atoms with van der Waals surface area (Å²) in [5, 5.41) is 4.32. The lowest BCUT2D eigenvalue weighted by Gasteiger charge is -2.07. The zero-order chi connectivity index (χ0) is 9.84. The van der Waals surface area contributed by atoms with Crippen LogP contribution >= 0.6 is 0 Å². The molecule has 1 rings (SSSR count). The van der Waals surface area contributed by atoms with Crippen molar-refractivity contribution in [3.8, 4) is 0 Å². The molecule has 0 saturated carbocycles. The first-order chi connectivity index (χ1) is 6.19. The summed E-state index contributed by atoms with van der Waals surface area (Å²) in [4.78, 5) is 0. The van der Waals surface area contributed by atoms with Gasteiger partial charge in [-0.1, -0.05) is 6.92 Å². The SMILES string of the molecule is CCc1c(CC(C)N)cnn1CC. The minimum absolute atomic E-state index is 0.222. The van der Waals surface area contributed by atoms with Gasteiger partial charge in [0.2, 0.25) is 0 Å². The van der Waals surface area contributed by atoms with Crippen LogP contribution in [-0.2, 0) is 19.4 Å². The van der Waals surface area contributed by atoms with Crippen molar-refractivity contribution in [1.82, 2.24) is 9.78 Å². The summed E-state index contributed by atoms with van der Waals surface area (Å²) in [6.45, 7) is 7.25. The fraction of sp³-hybridized carbons (Fsp3) is 0.700. The highest BCUT2D eigenvalue weighted by atomic mass is 15.3. The van der Waals surface area contributed by atoms with Crippen LogP contribution in [0.3, 0.4) is 0 Å². The van der Waals surface area contributed by atoms with Crippen molar-refractivity contribution in [2.75, 3.05) is 0 Å². The number of nitrogens with two attached hydrogens (primary N) is 1. The zero-order valence-electron chi connectivity index (χ0n) is 8.75. The molecule has 3 heteroatoms. The molecule has 1 aromatic heterocycles. The quantitative estimate of drug-likeness (QED) is 0.762. The van der Waals surface area contributed by atoms with Crippen molar-refractivity contribution in [3.05, 3.63) is 17.5 Å². The van der Waals surface area contributed by atoms with E-state index in [0.717, 1.165) is 19.4 Å². The summed E-state index contributed by atoms with van der Waals surface area (Å²) in [6.07, 6.45) is 3.92. The van der Waals surface area contributed by atoms with E-state index in [0.29, 0.717) is 0 Å². The molecule has 0 bridgehead atoms. The van der Waals surface area contributed by atoms with Crippen LogP contribution in [0, 0.1) is 0 Å². The average molecular weight is 181 g/mol. The lowest BCUT2D eigenvalue weighted by Crippen LogP contribution is -2.18. The van der Waals surface area contributed by atoms with Crippen molar-refractivity contribution < 1.29 is 0 Å². The molecule has 0 amide bonds. The summed E-state index contributed by atoms with van der Waals surface area (Å²) in [5.74, 6) is 0. The van der Waals surface area contributed by atoms with Crippen LogP contribution in [0.1, 0.15) is 32.0 Å². The maximum Gasteiger partial charge on any atom is 0.0525 e.